The van der Waals surface area contributed by atoms with Crippen LogP contribution >= 0.6 is 11.6 Å². The van der Waals surface area contributed by atoms with Gasteiger partial charge in [0.25, 0.3) is 5.91 Å². The van der Waals surface area contributed by atoms with Crippen molar-refractivity contribution >= 4 is 17.5 Å². The van der Waals surface area contributed by atoms with Crippen molar-refractivity contribution in [2.75, 3.05) is 26.3 Å². The third-order valence-electron chi connectivity index (χ3n) is 3.80. The molecular formula is C14H15ClFNO3. The molecule has 2 aliphatic rings. The van der Waals surface area contributed by atoms with Gasteiger partial charge in [-0.2, -0.15) is 0 Å². The molecular weight excluding hydrogens is 285 g/mol. The maximum Gasteiger partial charge on any atom is 0.258 e. The monoisotopic (exact) mass is 299 g/mol. The number of hydrogen-bond donors (Lipinski definition) is 0. The molecule has 1 aromatic rings. The summed E-state index contributed by atoms with van der Waals surface area (Å²) in [5.74, 6) is -1.51. The predicted octanol–water partition coefficient (Wildman–Crippen LogP) is 2.46. The van der Waals surface area contributed by atoms with Crippen molar-refractivity contribution in [1.82, 2.24) is 4.90 Å². The normalized spacial score (nSPS) is 21.4. The summed E-state index contributed by atoms with van der Waals surface area (Å²) in [6.07, 6.45) is 1.20. The number of amides is 1. The van der Waals surface area contributed by atoms with Gasteiger partial charge in [0.05, 0.1) is 23.8 Å². The molecule has 6 heteroatoms. The summed E-state index contributed by atoms with van der Waals surface area (Å²) in [7, 11) is 0. The second-order valence-corrected chi connectivity index (χ2v) is 5.40. The zero-order valence-corrected chi connectivity index (χ0v) is 11.7. The van der Waals surface area contributed by atoms with Gasteiger partial charge in [-0.15, -0.1) is 0 Å². The first-order chi connectivity index (χ1) is 9.61. The van der Waals surface area contributed by atoms with Gasteiger partial charge in [0, 0.05) is 25.9 Å². The lowest BCUT2D eigenvalue weighted by atomic mass is 10.0. The summed E-state index contributed by atoms with van der Waals surface area (Å²) < 4.78 is 25.0. The molecule has 2 saturated heterocycles. The van der Waals surface area contributed by atoms with Crippen molar-refractivity contribution in [2.45, 2.75) is 18.6 Å². The molecule has 20 heavy (non-hydrogen) atoms. The minimum absolute atomic E-state index is 0.0571. The molecule has 0 bridgehead atoms. The average molecular weight is 300 g/mol. The van der Waals surface area contributed by atoms with Crippen molar-refractivity contribution in [3.8, 4) is 0 Å². The molecule has 0 aliphatic carbocycles. The summed E-state index contributed by atoms with van der Waals surface area (Å²) in [5, 5.41) is 0.142. The Morgan fingerprint density at radius 1 is 1.25 bits per heavy atom. The Bertz CT molecular complexity index is 501. The second-order valence-electron chi connectivity index (χ2n) is 5.00. The van der Waals surface area contributed by atoms with Crippen LogP contribution in [0.2, 0.25) is 5.02 Å². The van der Waals surface area contributed by atoms with E-state index < -0.39 is 11.6 Å². The Morgan fingerprint density at radius 3 is 2.50 bits per heavy atom. The topological polar surface area (TPSA) is 38.8 Å². The van der Waals surface area contributed by atoms with Gasteiger partial charge in [0.1, 0.15) is 5.82 Å². The number of nitrogens with zero attached hydrogens (tertiary/aromatic N) is 1. The number of halogens is 2. The summed E-state index contributed by atoms with van der Waals surface area (Å²) in [6.45, 7) is 2.13. The van der Waals surface area contributed by atoms with Crippen LogP contribution < -0.4 is 0 Å². The van der Waals surface area contributed by atoms with E-state index in [0.717, 1.165) is 0 Å². The van der Waals surface area contributed by atoms with Crippen molar-refractivity contribution in [3.63, 3.8) is 0 Å². The van der Waals surface area contributed by atoms with E-state index in [9.17, 15) is 9.18 Å². The Kier molecular flexibility index (Phi) is 3.67. The van der Waals surface area contributed by atoms with Gasteiger partial charge in [-0.1, -0.05) is 17.7 Å². The molecule has 0 saturated carbocycles. The summed E-state index contributed by atoms with van der Waals surface area (Å²) in [5.41, 5.74) is -0.0571. The van der Waals surface area contributed by atoms with E-state index in [1.807, 2.05) is 0 Å². The van der Waals surface area contributed by atoms with E-state index in [2.05, 4.69) is 0 Å². The van der Waals surface area contributed by atoms with Crippen molar-refractivity contribution in [3.05, 3.63) is 34.6 Å². The molecule has 1 aromatic carbocycles. The number of ether oxygens (including phenoxy) is 2. The number of benzene rings is 1. The van der Waals surface area contributed by atoms with Crippen molar-refractivity contribution in [2.24, 2.45) is 0 Å². The standard InChI is InChI=1S/C14H15ClFNO3/c15-10-2-1-3-11(16)12(10)13(18)17-6-4-14(5-7-17)19-8-9-20-14/h1-3H,4-9H2. The largest absolute Gasteiger partial charge is 0.347 e. The molecule has 0 unspecified atom stereocenters. The number of piperidine rings is 1. The first kappa shape index (κ1) is 13.8. The summed E-state index contributed by atoms with van der Waals surface area (Å²) in [6, 6.07) is 4.25. The zero-order chi connectivity index (χ0) is 14.2. The Labute approximate surface area is 121 Å². The Balaban J connectivity index is 1.73. The van der Waals surface area contributed by atoms with Crippen LogP contribution in [0.3, 0.4) is 0 Å². The SMILES string of the molecule is O=C(c1c(F)cccc1Cl)N1CCC2(CC1)OCCO2. The van der Waals surface area contributed by atoms with E-state index >= 15 is 0 Å². The average Bonchev–Trinajstić information content (AvgIpc) is 2.87. The van der Waals surface area contributed by atoms with Crippen LogP contribution in [0.1, 0.15) is 23.2 Å². The molecule has 108 valence electrons. The smallest absolute Gasteiger partial charge is 0.258 e. The molecule has 2 aliphatic heterocycles. The van der Waals surface area contributed by atoms with E-state index in [0.29, 0.717) is 39.1 Å². The minimum atomic E-state index is -0.587. The first-order valence-corrected chi connectivity index (χ1v) is 7.00. The third-order valence-corrected chi connectivity index (χ3v) is 4.12. The Morgan fingerprint density at radius 2 is 1.90 bits per heavy atom. The predicted molar refractivity (Wildman–Crippen MR) is 71.2 cm³/mol. The lowest BCUT2D eigenvalue weighted by Gasteiger charge is -2.37. The molecule has 2 heterocycles. The van der Waals surface area contributed by atoms with Crippen LogP contribution in [0.25, 0.3) is 0 Å². The fourth-order valence-corrected chi connectivity index (χ4v) is 2.94. The van der Waals surface area contributed by atoms with Crippen LogP contribution in [0.4, 0.5) is 4.39 Å². The van der Waals surface area contributed by atoms with Gasteiger partial charge in [0.15, 0.2) is 5.79 Å². The van der Waals surface area contributed by atoms with Crippen LogP contribution in [-0.2, 0) is 9.47 Å². The van der Waals surface area contributed by atoms with E-state index in [1.165, 1.54) is 18.2 Å². The molecule has 0 radical (unpaired) electrons. The maximum absolute atomic E-state index is 13.8. The third kappa shape index (κ3) is 2.41. The van der Waals surface area contributed by atoms with Crippen LogP contribution in [0.5, 0.6) is 0 Å². The number of carbonyl (C=O) groups is 1. The summed E-state index contributed by atoms with van der Waals surface area (Å²) in [4.78, 5) is 14.0. The first-order valence-electron chi connectivity index (χ1n) is 6.62. The lowest BCUT2D eigenvalue weighted by molar-refractivity contribution is -0.181. The fraction of sp³-hybridized carbons (Fsp3) is 0.500. The van der Waals surface area contributed by atoms with Gasteiger partial charge in [-0.05, 0) is 12.1 Å². The maximum atomic E-state index is 13.8. The van der Waals surface area contributed by atoms with Crippen LogP contribution in [-0.4, -0.2) is 42.9 Å². The molecule has 4 nitrogen and oxygen atoms in total. The number of rotatable bonds is 1. The fourth-order valence-electron chi connectivity index (χ4n) is 2.70. The number of carbonyl (C=O) groups excluding carboxylic acids is 1. The van der Waals surface area contributed by atoms with E-state index in [4.69, 9.17) is 21.1 Å². The molecule has 0 N–H and O–H groups in total. The number of likely N-dealkylation sites (tertiary alicyclic amines) is 1. The highest BCUT2D eigenvalue weighted by Crippen LogP contribution is 2.32. The van der Waals surface area contributed by atoms with Gasteiger partial charge < -0.3 is 14.4 Å². The highest BCUT2D eigenvalue weighted by molar-refractivity contribution is 6.33. The minimum Gasteiger partial charge on any atom is -0.347 e. The molecule has 0 aromatic heterocycles. The van der Waals surface area contributed by atoms with Gasteiger partial charge >= 0.3 is 0 Å². The number of hydrogen-bond acceptors (Lipinski definition) is 3. The zero-order valence-electron chi connectivity index (χ0n) is 10.9. The van der Waals surface area contributed by atoms with Crippen molar-refractivity contribution < 1.29 is 18.7 Å². The lowest BCUT2D eigenvalue weighted by Crippen LogP contribution is -2.47. The molecule has 1 spiro atoms. The van der Waals surface area contributed by atoms with E-state index in [-0.39, 0.29) is 16.5 Å². The summed E-state index contributed by atoms with van der Waals surface area (Å²) >= 11 is 5.93. The highest BCUT2D eigenvalue weighted by Gasteiger charge is 2.41. The van der Waals surface area contributed by atoms with Crippen LogP contribution in [0.15, 0.2) is 18.2 Å². The van der Waals surface area contributed by atoms with Gasteiger partial charge in [-0.25, -0.2) is 4.39 Å². The molecule has 1 amide bonds. The molecule has 3 rings (SSSR count). The second kappa shape index (κ2) is 5.31. The quantitative estimate of drug-likeness (QED) is 0.799. The molecule has 0 atom stereocenters. The van der Waals surface area contributed by atoms with Crippen LogP contribution in [0, 0.1) is 5.82 Å². The van der Waals surface area contributed by atoms with Gasteiger partial charge in [-0.3, -0.25) is 4.79 Å². The van der Waals surface area contributed by atoms with Crippen molar-refractivity contribution in [1.29, 1.82) is 0 Å². The van der Waals surface area contributed by atoms with Gasteiger partial charge in [0.2, 0.25) is 0 Å². The Hall–Kier alpha value is -1.17. The highest BCUT2D eigenvalue weighted by atomic mass is 35.5. The van der Waals surface area contributed by atoms with E-state index in [1.54, 1.807) is 4.90 Å². The molecule has 2 fully saturated rings.